The summed E-state index contributed by atoms with van der Waals surface area (Å²) in [6, 6.07) is 4.90. The molecule has 0 saturated carbocycles. The number of hydrogen-bond acceptors (Lipinski definition) is 2. The molecule has 1 aliphatic heterocycles. The van der Waals surface area contributed by atoms with Gasteiger partial charge in [0.1, 0.15) is 5.82 Å². The first-order valence-corrected chi connectivity index (χ1v) is 9.11. The summed E-state index contributed by atoms with van der Waals surface area (Å²) in [5, 5.41) is 1.09. The van der Waals surface area contributed by atoms with E-state index < -0.39 is 0 Å². The fourth-order valence-electron chi connectivity index (χ4n) is 3.92. The Morgan fingerprint density at radius 2 is 2.15 bits per heavy atom. The van der Waals surface area contributed by atoms with Crippen molar-refractivity contribution in [2.45, 2.75) is 31.6 Å². The molecule has 1 aromatic carbocycles. The van der Waals surface area contributed by atoms with Crippen molar-refractivity contribution in [3.63, 3.8) is 0 Å². The maximum absolute atomic E-state index is 13.4. The number of imidazole rings is 1. The van der Waals surface area contributed by atoms with Crippen molar-refractivity contribution in [2.24, 2.45) is 7.05 Å². The van der Waals surface area contributed by atoms with Crippen molar-refractivity contribution in [2.75, 3.05) is 13.1 Å². The number of nitrogens with zero attached hydrogens (tertiary/aromatic N) is 3. The molecule has 6 heteroatoms. The van der Waals surface area contributed by atoms with Gasteiger partial charge < -0.3 is 14.5 Å². The lowest BCUT2D eigenvalue weighted by molar-refractivity contribution is -0.132. The van der Waals surface area contributed by atoms with E-state index in [1.54, 1.807) is 6.33 Å². The molecule has 1 N–H and O–H groups in total. The molecule has 136 valence electrons. The van der Waals surface area contributed by atoms with E-state index in [-0.39, 0.29) is 11.7 Å². The lowest BCUT2D eigenvalue weighted by Crippen LogP contribution is -2.38. The third-order valence-electron chi connectivity index (χ3n) is 5.47. The van der Waals surface area contributed by atoms with Gasteiger partial charge in [-0.15, -0.1) is 0 Å². The number of H-pyrrole nitrogens is 1. The summed E-state index contributed by atoms with van der Waals surface area (Å²) in [4.78, 5) is 21.7. The van der Waals surface area contributed by atoms with E-state index in [0.29, 0.717) is 12.3 Å². The molecule has 1 amide bonds. The van der Waals surface area contributed by atoms with Crippen molar-refractivity contribution < 1.29 is 9.18 Å². The molecule has 5 nitrogen and oxygen atoms in total. The number of amides is 1. The van der Waals surface area contributed by atoms with E-state index in [4.69, 9.17) is 0 Å². The summed E-state index contributed by atoms with van der Waals surface area (Å²) in [7, 11) is 1.95. The molecule has 26 heavy (non-hydrogen) atoms. The fraction of sp³-hybridized carbons (Fsp3) is 0.400. The Morgan fingerprint density at radius 3 is 2.88 bits per heavy atom. The number of rotatable bonds is 4. The molecular formula is C20H23FN4O. The van der Waals surface area contributed by atoms with Crippen LogP contribution < -0.4 is 0 Å². The van der Waals surface area contributed by atoms with Crippen LogP contribution in [0.5, 0.6) is 0 Å². The maximum atomic E-state index is 13.4. The van der Waals surface area contributed by atoms with Gasteiger partial charge in [0.25, 0.3) is 0 Å². The number of piperidine rings is 1. The Labute approximate surface area is 151 Å². The highest BCUT2D eigenvalue weighted by atomic mass is 19.1. The summed E-state index contributed by atoms with van der Waals surface area (Å²) >= 11 is 0. The third-order valence-corrected chi connectivity index (χ3v) is 5.47. The number of aryl methyl sites for hydroxylation is 2. The summed E-state index contributed by atoms with van der Waals surface area (Å²) in [5.74, 6) is 0.403. The molecule has 3 aromatic rings. The molecule has 1 aliphatic rings. The second-order valence-corrected chi connectivity index (χ2v) is 7.08. The number of nitrogens with one attached hydrogen (secondary N) is 1. The van der Waals surface area contributed by atoms with Crippen LogP contribution in [0.1, 0.15) is 36.4 Å². The van der Waals surface area contributed by atoms with Crippen molar-refractivity contribution >= 4 is 16.8 Å². The average Bonchev–Trinajstić information content (AvgIpc) is 3.25. The van der Waals surface area contributed by atoms with Gasteiger partial charge in [-0.25, -0.2) is 9.37 Å². The predicted octanol–water partition coefficient (Wildman–Crippen LogP) is 3.38. The number of benzene rings is 1. The number of halogens is 1. The highest BCUT2D eigenvalue weighted by Gasteiger charge is 2.25. The van der Waals surface area contributed by atoms with Crippen LogP contribution in [0.15, 0.2) is 36.9 Å². The number of aromatic nitrogens is 3. The number of likely N-dealkylation sites (tertiary alicyclic amines) is 1. The van der Waals surface area contributed by atoms with Crippen LogP contribution in [-0.4, -0.2) is 38.4 Å². The molecule has 0 unspecified atom stereocenters. The number of fused-ring (bicyclic) bond motifs is 1. The minimum Gasteiger partial charge on any atom is -0.361 e. The van der Waals surface area contributed by atoms with Crippen molar-refractivity contribution in [3.05, 3.63) is 54.0 Å². The Balaban J connectivity index is 1.36. The van der Waals surface area contributed by atoms with E-state index in [2.05, 4.69) is 9.97 Å². The summed E-state index contributed by atoms with van der Waals surface area (Å²) < 4.78 is 15.3. The van der Waals surface area contributed by atoms with Crippen LogP contribution >= 0.6 is 0 Å². The van der Waals surface area contributed by atoms with Crippen molar-refractivity contribution in [1.82, 2.24) is 19.4 Å². The molecule has 0 spiro atoms. The molecule has 2 aromatic heterocycles. The molecule has 0 atom stereocenters. The van der Waals surface area contributed by atoms with E-state index in [0.717, 1.165) is 48.9 Å². The van der Waals surface area contributed by atoms with Gasteiger partial charge in [0, 0.05) is 55.5 Å². The van der Waals surface area contributed by atoms with E-state index in [1.807, 2.05) is 35.0 Å². The van der Waals surface area contributed by atoms with Gasteiger partial charge in [-0.05, 0) is 48.9 Å². The highest BCUT2D eigenvalue weighted by Crippen LogP contribution is 2.33. The van der Waals surface area contributed by atoms with Crippen LogP contribution in [0.25, 0.3) is 10.9 Å². The minimum absolute atomic E-state index is 0.214. The topological polar surface area (TPSA) is 53.9 Å². The van der Waals surface area contributed by atoms with Gasteiger partial charge in [0.2, 0.25) is 5.91 Å². The zero-order chi connectivity index (χ0) is 18.1. The normalized spacial score (nSPS) is 15.7. The fourth-order valence-corrected chi connectivity index (χ4v) is 3.92. The van der Waals surface area contributed by atoms with Gasteiger partial charge in [-0.2, -0.15) is 0 Å². The lowest BCUT2D eigenvalue weighted by Gasteiger charge is -2.32. The first-order chi connectivity index (χ1) is 12.6. The van der Waals surface area contributed by atoms with Crippen LogP contribution in [0.3, 0.4) is 0 Å². The van der Waals surface area contributed by atoms with Gasteiger partial charge in [0.05, 0.1) is 6.33 Å². The zero-order valence-electron chi connectivity index (χ0n) is 14.9. The Morgan fingerprint density at radius 1 is 1.35 bits per heavy atom. The van der Waals surface area contributed by atoms with E-state index in [1.165, 1.54) is 17.7 Å². The molecule has 0 radical (unpaired) electrons. The molecule has 4 rings (SSSR count). The smallest absolute Gasteiger partial charge is 0.222 e. The van der Waals surface area contributed by atoms with Crippen LogP contribution in [-0.2, 0) is 18.3 Å². The number of aromatic amines is 1. The van der Waals surface area contributed by atoms with Gasteiger partial charge >= 0.3 is 0 Å². The van der Waals surface area contributed by atoms with Crippen LogP contribution in [0.4, 0.5) is 4.39 Å². The number of carbonyl (C=O) groups is 1. The third kappa shape index (κ3) is 3.23. The standard InChI is InChI=1S/C20H23FN4O/c1-24-13-22-11-16(24)3-5-20(26)25-8-6-14(7-9-25)18-12-23-19-10-15(21)2-4-17(18)19/h2,4,10-14,23H,3,5-9H2,1H3. The maximum Gasteiger partial charge on any atom is 0.222 e. The Hall–Kier alpha value is -2.63. The van der Waals surface area contributed by atoms with Crippen molar-refractivity contribution in [1.29, 1.82) is 0 Å². The Kier molecular flexibility index (Phi) is 4.49. The second kappa shape index (κ2) is 6.94. The summed E-state index contributed by atoms with van der Waals surface area (Å²) in [5.41, 5.74) is 3.16. The Bertz CT molecular complexity index is 921. The second-order valence-electron chi connectivity index (χ2n) is 7.08. The van der Waals surface area contributed by atoms with Crippen LogP contribution in [0.2, 0.25) is 0 Å². The number of carbonyl (C=O) groups excluding carboxylic acids is 1. The summed E-state index contributed by atoms with van der Waals surface area (Å²) in [6.07, 6.45) is 8.72. The first kappa shape index (κ1) is 16.8. The van der Waals surface area contributed by atoms with Gasteiger partial charge in [0.15, 0.2) is 0 Å². The lowest BCUT2D eigenvalue weighted by atomic mass is 9.89. The molecule has 3 heterocycles. The minimum atomic E-state index is -0.222. The molecule has 0 aliphatic carbocycles. The molecular weight excluding hydrogens is 331 g/mol. The van der Waals surface area contributed by atoms with Gasteiger partial charge in [-0.3, -0.25) is 4.79 Å². The van der Waals surface area contributed by atoms with E-state index >= 15 is 0 Å². The molecule has 1 fully saturated rings. The first-order valence-electron chi connectivity index (χ1n) is 9.11. The van der Waals surface area contributed by atoms with Gasteiger partial charge in [-0.1, -0.05) is 0 Å². The SMILES string of the molecule is Cn1cncc1CCC(=O)N1CCC(c2c[nH]c3cc(F)ccc23)CC1. The molecule has 0 bridgehead atoms. The quantitative estimate of drug-likeness (QED) is 0.781. The summed E-state index contributed by atoms with van der Waals surface area (Å²) in [6.45, 7) is 1.56. The van der Waals surface area contributed by atoms with Crippen LogP contribution in [0, 0.1) is 5.82 Å². The average molecular weight is 354 g/mol. The zero-order valence-corrected chi connectivity index (χ0v) is 14.9. The molecule has 1 saturated heterocycles. The predicted molar refractivity (Wildman–Crippen MR) is 98.3 cm³/mol. The van der Waals surface area contributed by atoms with Crippen molar-refractivity contribution in [3.8, 4) is 0 Å². The largest absolute Gasteiger partial charge is 0.361 e. The monoisotopic (exact) mass is 354 g/mol. The van der Waals surface area contributed by atoms with E-state index in [9.17, 15) is 9.18 Å². The highest BCUT2D eigenvalue weighted by molar-refractivity contribution is 5.84. The number of hydrogen-bond donors (Lipinski definition) is 1.